The summed E-state index contributed by atoms with van der Waals surface area (Å²) >= 11 is 3.85. The molecule has 1 amide bonds. The number of pyridine rings is 2. The smallest absolute Gasteiger partial charge is 0.340 e. The minimum absolute atomic E-state index is 0.0509. The number of aromatic nitrogens is 2. The maximum Gasteiger partial charge on any atom is 0.340 e. The number of rotatable bonds is 2. The average Bonchev–Trinajstić information content (AvgIpc) is 3.30. The molecule has 1 aliphatic carbocycles. The van der Waals surface area contributed by atoms with Crippen molar-refractivity contribution in [2.75, 3.05) is 12.8 Å². The van der Waals surface area contributed by atoms with Crippen molar-refractivity contribution in [1.82, 2.24) is 14.9 Å². The number of aliphatic hydroxyl groups is 1. The van der Waals surface area contributed by atoms with Crippen LogP contribution in [-0.4, -0.2) is 39.3 Å². The van der Waals surface area contributed by atoms with Gasteiger partial charge in [-0.05, 0) is 54.7 Å². The standard InChI is InChI=1S/C22H17FN2O4.C4H9NOS.C2H6/c1-9-10-3-2-4-11-13-7-25-17(19(13)24-16(18(10)11)6-15(9)23)5-12-14(21(25)27)8-29-22(28)20(12)26;1-5-4(6)2-3-7;1-2/h5-6,20,26H,2-4,7-8H2,1H3;7H,2-3H2,1H3,(H,5,6);1-2H3. The molecule has 0 saturated carbocycles. The summed E-state index contributed by atoms with van der Waals surface area (Å²) in [6.07, 6.45) is 1.63. The second-order valence-electron chi connectivity index (χ2n) is 9.14. The molecular formula is C28H32FN3O5S. The van der Waals surface area contributed by atoms with Gasteiger partial charge < -0.3 is 19.7 Å². The summed E-state index contributed by atoms with van der Waals surface area (Å²) in [6, 6.07) is 3.13. The van der Waals surface area contributed by atoms with E-state index >= 15 is 0 Å². The number of carbonyl (C=O) groups is 2. The number of fused-ring (bicyclic) bond motifs is 5. The van der Waals surface area contributed by atoms with Gasteiger partial charge in [-0.1, -0.05) is 13.8 Å². The van der Waals surface area contributed by atoms with E-state index in [4.69, 9.17) is 9.72 Å². The summed E-state index contributed by atoms with van der Waals surface area (Å²) in [4.78, 5) is 39.8. The molecule has 0 fully saturated rings. The maximum atomic E-state index is 14.5. The highest BCUT2D eigenvalue weighted by Crippen LogP contribution is 2.41. The lowest BCUT2D eigenvalue weighted by Gasteiger charge is -2.22. The number of halogens is 1. The Kier molecular flexibility index (Phi) is 8.22. The Morgan fingerprint density at radius 3 is 2.58 bits per heavy atom. The molecule has 202 valence electrons. The van der Waals surface area contributed by atoms with E-state index < -0.39 is 12.1 Å². The summed E-state index contributed by atoms with van der Waals surface area (Å²) in [7, 11) is 1.62. The number of hydrogen-bond acceptors (Lipinski definition) is 7. The Hall–Kier alpha value is -3.24. The van der Waals surface area contributed by atoms with Crippen LogP contribution < -0.4 is 10.9 Å². The van der Waals surface area contributed by atoms with Gasteiger partial charge >= 0.3 is 5.97 Å². The van der Waals surface area contributed by atoms with Crippen LogP contribution in [0.5, 0.6) is 0 Å². The first-order chi connectivity index (χ1) is 18.3. The number of nitrogens with one attached hydrogen (secondary N) is 1. The Labute approximate surface area is 225 Å². The van der Waals surface area contributed by atoms with E-state index in [1.165, 1.54) is 6.07 Å². The first kappa shape index (κ1) is 27.8. The monoisotopic (exact) mass is 541 g/mol. The van der Waals surface area contributed by atoms with Gasteiger partial charge in [-0.25, -0.2) is 14.2 Å². The van der Waals surface area contributed by atoms with Crippen molar-refractivity contribution in [3.05, 3.63) is 61.7 Å². The molecule has 10 heteroatoms. The van der Waals surface area contributed by atoms with Crippen molar-refractivity contribution >= 4 is 35.4 Å². The normalized spacial score (nSPS) is 16.2. The Balaban J connectivity index is 0.000000328. The molecule has 0 radical (unpaired) electrons. The van der Waals surface area contributed by atoms with E-state index in [0.717, 1.165) is 41.3 Å². The number of nitrogens with zero attached hydrogens (tertiary/aromatic N) is 2. The molecule has 38 heavy (non-hydrogen) atoms. The molecule has 3 aromatic rings. The first-order valence-electron chi connectivity index (χ1n) is 12.8. The Morgan fingerprint density at radius 1 is 1.21 bits per heavy atom. The number of amides is 1. The topological polar surface area (TPSA) is 111 Å². The van der Waals surface area contributed by atoms with Crippen LogP contribution in [0.1, 0.15) is 66.2 Å². The predicted molar refractivity (Wildman–Crippen MR) is 146 cm³/mol. The third-order valence-corrected chi connectivity index (χ3v) is 7.38. The minimum atomic E-state index is -1.48. The number of aliphatic hydroxyl groups excluding tert-OH is 1. The third kappa shape index (κ3) is 4.60. The van der Waals surface area contributed by atoms with Crippen molar-refractivity contribution < 1.29 is 23.8 Å². The molecule has 2 aromatic heterocycles. The highest BCUT2D eigenvalue weighted by atomic mass is 32.1. The molecule has 0 saturated heterocycles. The Bertz CT molecular complexity index is 1500. The molecule has 0 bridgehead atoms. The van der Waals surface area contributed by atoms with Crippen LogP contribution >= 0.6 is 12.6 Å². The second-order valence-corrected chi connectivity index (χ2v) is 9.59. The SMILES string of the molecule is CC.CNC(=O)CCS.Cc1c(F)cc2nc3c(c4c2c1CCC4)Cn1c-3cc2c(c1=O)COC(=O)C2O. The van der Waals surface area contributed by atoms with Crippen LogP contribution in [-0.2, 0) is 40.3 Å². The van der Waals surface area contributed by atoms with Crippen molar-refractivity contribution in [3.8, 4) is 11.4 Å². The van der Waals surface area contributed by atoms with Crippen LogP contribution in [0, 0.1) is 12.7 Å². The summed E-state index contributed by atoms with van der Waals surface area (Å²) < 4.78 is 21.1. The number of cyclic esters (lactones) is 1. The lowest BCUT2D eigenvalue weighted by molar-refractivity contribution is -0.157. The number of carbonyl (C=O) groups excluding carboxylic acids is 2. The zero-order valence-electron chi connectivity index (χ0n) is 22.0. The fraction of sp³-hybridized carbons (Fsp3) is 0.429. The fourth-order valence-corrected chi connectivity index (χ4v) is 5.49. The van der Waals surface area contributed by atoms with Gasteiger partial charge in [-0.3, -0.25) is 9.59 Å². The van der Waals surface area contributed by atoms with Gasteiger partial charge in [-0.15, -0.1) is 0 Å². The quantitative estimate of drug-likeness (QED) is 0.265. The average molecular weight is 542 g/mol. The molecule has 0 spiro atoms. The molecule has 1 atom stereocenters. The van der Waals surface area contributed by atoms with Gasteiger partial charge in [0, 0.05) is 36.0 Å². The van der Waals surface area contributed by atoms with Gasteiger partial charge in [0.1, 0.15) is 12.4 Å². The second kappa shape index (κ2) is 11.2. The van der Waals surface area contributed by atoms with Crippen molar-refractivity contribution in [2.24, 2.45) is 0 Å². The summed E-state index contributed by atoms with van der Waals surface area (Å²) in [5.41, 5.74) is 5.86. The van der Waals surface area contributed by atoms with Gasteiger partial charge in [0.2, 0.25) is 5.91 Å². The van der Waals surface area contributed by atoms with Crippen LogP contribution in [0.4, 0.5) is 4.39 Å². The van der Waals surface area contributed by atoms with Crippen molar-refractivity contribution in [2.45, 2.75) is 65.7 Å². The summed E-state index contributed by atoms with van der Waals surface area (Å²) in [5.74, 6) is -0.356. The molecular weight excluding hydrogens is 509 g/mol. The molecule has 4 heterocycles. The number of thiol groups is 1. The van der Waals surface area contributed by atoms with E-state index in [9.17, 15) is 23.9 Å². The van der Waals surface area contributed by atoms with Gasteiger partial charge in [0.25, 0.3) is 5.56 Å². The molecule has 6 rings (SSSR count). The predicted octanol–water partition coefficient (Wildman–Crippen LogP) is 3.53. The van der Waals surface area contributed by atoms with E-state index in [1.54, 1.807) is 24.6 Å². The lowest BCUT2D eigenvalue weighted by atomic mass is 9.85. The Morgan fingerprint density at radius 2 is 1.92 bits per heavy atom. The van der Waals surface area contributed by atoms with E-state index in [1.807, 2.05) is 13.8 Å². The highest BCUT2D eigenvalue weighted by molar-refractivity contribution is 7.80. The first-order valence-corrected chi connectivity index (χ1v) is 13.5. The third-order valence-electron chi connectivity index (χ3n) is 7.16. The van der Waals surface area contributed by atoms with Gasteiger partial charge in [0.05, 0.1) is 29.0 Å². The van der Waals surface area contributed by atoms with Crippen molar-refractivity contribution in [1.29, 1.82) is 0 Å². The van der Waals surface area contributed by atoms with Gasteiger partial charge in [0.15, 0.2) is 6.10 Å². The molecule has 1 aromatic carbocycles. The van der Waals surface area contributed by atoms with Crippen LogP contribution in [0.3, 0.4) is 0 Å². The number of benzene rings is 1. The zero-order valence-corrected chi connectivity index (χ0v) is 22.9. The molecule has 1 unspecified atom stereocenters. The summed E-state index contributed by atoms with van der Waals surface area (Å²) in [5, 5.41) is 13.7. The minimum Gasteiger partial charge on any atom is -0.458 e. The number of aryl methyl sites for hydroxylation is 2. The van der Waals surface area contributed by atoms with Crippen LogP contribution in [0.15, 0.2) is 16.9 Å². The molecule has 2 N–H and O–H groups in total. The lowest BCUT2D eigenvalue weighted by Crippen LogP contribution is -2.32. The van der Waals surface area contributed by atoms with E-state index in [0.29, 0.717) is 46.7 Å². The number of esters is 1. The highest BCUT2D eigenvalue weighted by Gasteiger charge is 2.35. The maximum absolute atomic E-state index is 14.5. The molecule has 2 aliphatic heterocycles. The van der Waals surface area contributed by atoms with Crippen LogP contribution in [0.25, 0.3) is 22.3 Å². The number of hydrogen-bond donors (Lipinski definition) is 3. The summed E-state index contributed by atoms with van der Waals surface area (Å²) in [6.45, 7) is 6.05. The molecule has 8 nitrogen and oxygen atoms in total. The largest absolute Gasteiger partial charge is 0.458 e. The van der Waals surface area contributed by atoms with Crippen molar-refractivity contribution in [3.63, 3.8) is 0 Å². The fourth-order valence-electron chi connectivity index (χ4n) is 5.29. The zero-order chi connectivity index (χ0) is 27.7. The van der Waals surface area contributed by atoms with E-state index in [-0.39, 0.29) is 29.5 Å². The van der Waals surface area contributed by atoms with E-state index in [2.05, 4.69) is 17.9 Å². The molecule has 3 aliphatic rings. The number of ether oxygens (including phenoxy) is 1. The van der Waals surface area contributed by atoms with Crippen LogP contribution in [0.2, 0.25) is 0 Å². The van der Waals surface area contributed by atoms with Gasteiger partial charge in [-0.2, -0.15) is 12.6 Å².